The van der Waals surface area contributed by atoms with Gasteiger partial charge < -0.3 is 19.0 Å². The average Bonchev–Trinajstić information content (AvgIpc) is 3.12. The van der Waals surface area contributed by atoms with Crippen LogP contribution in [0.5, 0.6) is 0 Å². The third-order valence-electron chi connectivity index (χ3n) is 5.25. The Bertz CT molecular complexity index is 893. The van der Waals surface area contributed by atoms with Gasteiger partial charge >= 0.3 is 5.63 Å². The second kappa shape index (κ2) is 8.10. The van der Waals surface area contributed by atoms with E-state index in [0.717, 1.165) is 25.8 Å². The maximum absolute atomic E-state index is 13.1. The van der Waals surface area contributed by atoms with E-state index in [2.05, 4.69) is 14.9 Å². The minimum atomic E-state index is -0.581. The van der Waals surface area contributed by atoms with Gasteiger partial charge in [0, 0.05) is 45.2 Å². The molecule has 2 fully saturated rings. The zero-order valence-electron chi connectivity index (χ0n) is 16.0. The molecule has 1 atom stereocenters. The monoisotopic (exact) mass is 384 g/mol. The van der Waals surface area contributed by atoms with Gasteiger partial charge in [-0.05, 0) is 43.9 Å². The lowest BCUT2D eigenvalue weighted by Crippen LogP contribution is -2.38. The third-order valence-corrected chi connectivity index (χ3v) is 5.25. The molecular weight excluding hydrogens is 360 g/mol. The van der Waals surface area contributed by atoms with Crippen molar-refractivity contribution >= 4 is 11.9 Å². The Morgan fingerprint density at radius 1 is 1.14 bits per heavy atom. The predicted octanol–water partition coefficient (Wildman–Crippen LogP) is 1.94. The van der Waals surface area contributed by atoms with Crippen molar-refractivity contribution < 1.29 is 13.9 Å². The van der Waals surface area contributed by atoms with Gasteiger partial charge in [0.25, 0.3) is 5.91 Å². The average molecular weight is 384 g/mol. The Kier molecular flexibility index (Phi) is 5.38. The minimum absolute atomic E-state index is 0.117. The molecule has 8 heteroatoms. The molecule has 2 aliphatic rings. The Balaban J connectivity index is 1.50. The number of carbonyl (C=O) groups is 1. The number of carbonyl (C=O) groups excluding carboxylic acids is 1. The lowest BCUT2D eigenvalue weighted by Gasteiger charge is -2.22. The first kappa shape index (κ1) is 18.6. The van der Waals surface area contributed by atoms with Gasteiger partial charge in [-0.25, -0.2) is 14.8 Å². The summed E-state index contributed by atoms with van der Waals surface area (Å²) < 4.78 is 11.0. The molecule has 0 radical (unpaired) electrons. The molecule has 0 aromatic carbocycles. The summed E-state index contributed by atoms with van der Waals surface area (Å²) in [5.41, 5.74) is 0.174. The molecule has 1 unspecified atom stereocenters. The lowest BCUT2D eigenvalue weighted by molar-refractivity contribution is 0.0751. The van der Waals surface area contributed by atoms with Crippen LogP contribution in [0.1, 0.15) is 47.0 Å². The zero-order valence-corrected chi connectivity index (χ0v) is 16.0. The molecule has 2 aliphatic heterocycles. The summed E-state index contributed by atoms with van der Waals surface area (Å²) in [6.07, 6.45) is 5.79. The Labute approximate surface area is 163 Å². The highest BCUT2D eigenvalue weighted by atomic mass is 16.5. The standard InChI is InChI=1S/C20H24N4O4/c1-14-13-16(15-5-2-12-27-15)28-19(26)17(14)18(25)23-8-4-9-24(11-10-23)20-21-6-3-7-22-20/h3,6-7,13,15H,2,4-5,8-12H2,1H3. The highest BCUT2D eigenvalue weighted by Gasteiger charge is 2.28. The van der Waals surface area contributed by atoms with Crippen molar-refractivity contribution in [2.24, 2.45) is 0 Å². The smallest absolute Gasteiger partial charge is 0.349 e. The summed E-state index contributed by atoms with van der Waals surface area (Å²) in [7, 11) is 0. The van der Waals surface area contributed by atoms with Gasteiger partial charge in [0.1, 0.15) is 17.4 Å². The van der Waals surface area contributed by atoms with Gasteiger partial charge in [-0.2, -0.15) is 0 Å². The summed E-state index contributed by atoms with van der Waals surface area (Å²) in [6, 6.07) is 3.55. The van der Waals surface area contributed by atoms with E-state index in [1.165, 1.54) is 0 Å². The van der Waals surface area contributed by atoms with Crippen molar-refractivity contribution in [2.45, 2.75) is 32.3 Å². The molecular formula is C20H24N4O4. The fourth-order valence-corrected chi connectivity index (χ4v) is 3.78. The molecule has 148 valence electrons. The van der Waals surface area contributed by atoms with Gasteiger partial charge in [0.05, 0.1) is 0 Å². The van der Waals surface area contributed by atoms with E-state index in [4.69, 9.17) is 9.15 Å². The maximum atomic E-state index is 13.1. The third kappa shape index (κ3) is 3.77. The van der Waals surface area contributed by atoms with Crippen LogP contribution in [0, 0.1) is 6.92 Å². The lowest BCUT2D eigenvalue weighted by atomic mass is 10.1. The molecule has 1 amide bonds. The first-order chi connectivity index (χ1) is 13.6. The number of anilines is 1. The van der Waals surface area contributed by atoms with Crippen molar-refractivity contribution in [1.82, 2.24) is 14.9 Å². The van der Waals surface area contributed by atoms with Crippen LogP contribution in [0.3, 0.4) is 0 Å². The molecule has 0 aliphatic carbocycles. The maximum Gasteiger partial charge on any atom is 0.349 e. The van der Waals surface area contributed by atoms with Gasteiger partial charge in [0.15, 0.2) is 0 Å². The summed E-state index contributed by atoms with van der Waals surface area (Å²) in [5.74, 6) is 0.897. The van der Waals surface area contributed by atoms with Crippen LogP contribution >= 0.6 is 0 Å². The van der Waals surface area contributed by atoms with Crippen molar-refractivity contribution in [3.8, 4) is 0 Å². The molecule has 2 aromatic rings. The molecule has 0 bridgehead atoms. The van der Waals surface area contributed by atoms with Crippen LogP contribution in [0.15, 0.2) is 33.7 Å². The first-order valence-corrected chi connectivity index (χ1v) is 9.71. The van der Waals surface area contributed by atoms with E-state index in [0.29, 0.717) is 43.5 Å². The van der Waals surface area contributed by atoms with E-state index in [1.807, 2.05) is 0 Å². The summed E-state index contributed by atoms with van der Waals surface area (Å²) in [6.45, 7) is 4.92. The van der Waals surface area contributed by atoms with Gasteiger partial charge in [-0.15, -0.1) is 0 Å². The summed E-state index contributed by atoms with van der Waals surface area (Å²) in [5, 5.41) is 0. The van der Waals surface area contributed by atoms with E-state index in [9.17, 15) is 9.59 Å². The molecule has 2 aromatic heterocycles. The quantitative estimate of drug-likeness (QED) is 0.799. The number of nitrogens with zero attached hydrogens (tertiary/aromatic N) is 4. The van der Waals surface area contributed by atoms with Crippen molar-refractivity contribution in [3.63, 3.8) is 0 Å². The van der Waals surface area contributed by atoms with Crippen LogP contribution in [0.2, 0.25) is 0 Å². The van der Waals surface area contributed by atoms with Crippen molar-refractivity contribution in [2.75, 3.05) is 37.7 Å². The number of aromatic nitrogens is 2. The number of amides is 1. The number of hydrogen-bond donors (Lipinski definition) is 0. The fourth-order valence-electron chi connectivity index (χ4n) is 3.78. The topological polar surface area (TPSA) is 88.8 Å². The Morgan fingerprint density at radius 2 is 1.96 bits per heavy atom. The Morgan fingerprint density at radius 3 is 2.68 bits per heavy atom. The van der Waals surface area contributed by atoms with Crippen LogP contribution in [-0.4, -0.2) is 53.6 Å². The molecule has 0 spiro atoms. The largest absolute Gasteiger partial charge is 0.424 e. The number of ether oxygens (including phenoxy) is 1. The van der Waals surface area contributed by atoms with Crippen LogP contribution in [0.25, 0.3) is 0 Å². The second-order valence-corrected chi connectivity index (χ2v) is 7.18. The highest BCUT2D eigenvalue weighted by Crippen LogP contribution is 2.28. The van der Waals surface area contributed by atoms with Gasteiger partial charge in [-0.1, -0.05) is 0 Å². The summed E-state index contributed by atoms with van der Waals surface area (Å²) in [4.78, 5) is 38.0. The zero-order chi connectivity index (χ0) is 19.5. The summed E-state index contributed by atoms with van der Waals surface area (Å²) >= 11 is 0. The molecule has 2 saturated heterocycles. The molecule has 0 saturated carbocycles. The van der Waals surface area contributed by atoms with E-state index < -0.39 is 5.63 Å². The van der Waals surface area contributed by atoms with E-state index in [-0.39, 0.29) is 17.6 Å². The SMILES string of the molecule is Cc1cc(C2CCCO2)oc(=O)c1C(=O)N1CCCN(c2ncccn2)CC1. The second-order valence-electron chi connectivity index (χ2n) is 7.18. The predicted molar refractivity (Wildman–Crippen MR) is 102 cm³/mol. The van der Waals surface area contributed by atoms with Gasteiger partial charge in [-0.3, -0.25) is 4.79 Å². The number of rotatable bonds is 3. The Hall–Kier alpha value is -2.74. The molecule has 4 heterocycles. The van der Waals surface area contributed by atoms with Crippen LogP contribution in [0.4, 0.5) is 5.95 Å². The fraction of sp³-hybridized carbons (Fsp3) is 0.500. The highest BCUT2D eigenvalue weighted by molar-refractivity contribution is 5.95. The minimum Gasteiger partial charge on any atom is -0.424 e. The van der Waals surface area contributed by atoms with E-state index in [1.54, 1.807) is 36.4 Å². The molecule has 0 N–H and O–H groups in total. The number of hydrogen-bond acceptors (Lipinski definition) is 7. The number of aryl methyl sites for hydroxylation is 1. The first-order valence-electron chi connectivity index (χ1n) is 9.71. The van der Waals surface area contributed by atoms with Crippen LogP contribution in [-0.2, 0) is 4.74 Å². The van der Waals surface area contributed by atoms with Crippen LogP contribution < -0.4 is 10.5 Å². The van der Waals surface area contributed by atoms with Gasteiger partial charge in [0.2, 0.25) is 5.95 Å². The van der Waals surface area contributed by atoms with E-state index >= 15 is 0 Å². The normalized spacial score (nSPS) is 20.2. The van der Waals surface area contributed by atoms with Crippen molar-refractivity contribution in [3.05, 3.63) is 51.8 Å². The molecule has 28 heavy (non-hydrogen) atoms. The molecule has 8 nitrogen and oxygen atoms in total. The van der Waals surface area contributed by atoms with Crippen molar-refractivity contribution in [1.29, 1.82) is 0 Å². The molecule has 4 rings (SSSR count).